The summed E-state index contributed by atoms with van der Waals surface area (Å²) < 4.78 is 5.02. The van der Waals surface area contributed by atoms with E-state index in [2.05, 4.69) is 135 Å². The van der Waals surface area contributed by atoms with Gasteiger partial charge in [0.05, 0.1) is 40.8 Å². The molecule has 0 atom stereocenters. The van der Waals surface area contributed by atoms with E-state index in [0.717, 1.165) is 171 Å². The molecule has 2 aromatic heterocycles. The number of carbonyl (C=O) groups excluding carboxylic acids is 1. The number of unbranched alkanes of at least 4 members (excludes halogenated alkanes) is 6. The third kappa shape index (κ3) is 13.6. The minimum atomic E-state index is -0.705. The highest BCUT2D eigenvalue weighted by Gasteiger charge is 2.25. The van der Waals surface area contributed by atoms with Crippen LogP contribution in [0.3, 0.4) is 0 Å². The predicted molar refractivity (Wildman–Crippen MR) is 276 cm³/mol. The van der Waals surface area contributed by atoms with Crippen LogP contribution in [0.25, 0.3) is 45.0 Å². The quantitative estimate of drug-likeness (QED) is 0.0621. The van der Waals surface area contributed by atoms with Crippen LogP contribution in [-0.4, -0.2) is 69.8 Å². The highest BCUT2D eigenvalue weighted by molar-refractivity contribution is 5.81. The first-order valence-electron chi connectivity index (χ1n) is 25.0. The molecular formula is C58H70N6O4. The Hall–Kier alpha value is -6.42. The van der Waals surface area contributed by atoms with Gasteiger partial charge in [0, 0.05) is 61.3 Å². The van der Waals surface area contributed by atoms with Crippen LogP contribution in [0.1, 0.15) is 118 Å². The highest BCUT2D eigenvalue weighted by Crippen LogP contribution is 2.37. The lowest BCUT2D eigenvalue weighted by molar-refractivity contribution is -0.143. The second kappa shape index (κ2) is 24.6. The fraction of sp³-hybridized carbons (Fsp3) is 0.414. The van der Waals surface area contributed by atoms with Crippen molar-refractivity contribution in [2.45, 2.75) is 125 Å². The van der Waals surface area contributed by atoms with Gasteiger partial charge in [-0.2, -0.15) is 0 Å². The molecule has 8 rings (SSSR count). The van der Waals surface area contributed by atoms with Crippen molar-refractivity contribution in [2.75, 3.05) is 42.6 Å². The first-order chi connectivity index (χ1) is 33.1. The second-order valence-corrected chi connectivity index (χ2v) is 18.6. The topological polar surface area (TPSA) is 122 Å². The van der Waals surface area contributed by atoms with Gasteiger partial charge in [-0.1, -0.05) is 133 Å². The van der Waals surface area contributed by atoms with E-state index in [-0.39, 0.29) is 12.4 Å². The van der Waals surface area contributed by atoms with Gasteiger partial charge in [0.1, 0.15) is 0 Å². The van der Waals surface area contributed by atoms with Gasteiger partial charge in [-0.15, -0.1) is 0 Å². The van der Waals surface area contributed by atoms with Gasteiger partial charge in [-0.05, 0) is 98.1 Å². The maximum atomic E-state index is 11.5. The minimum Gasteiger partial charge on any atom is -0.481 e. The smallest absolute Gasteiger partial charge is 0.305 e. The lowest BCUT2D eigenvalue weighted by Crippen LogP contribution is -2.32. The number of carboxylic acids is 1. The first-order valence-corrected chi connectivity index (χ1v) is 25.0. The van der Waals surface area contributed by atoms with E-state index in [9.17, 15) is 9.59 Å². The molecule has 0 saturated carbocycles. The van der Waals surface area contributed by atoms with Crippen LogP contribution in [0.15, 0.2) is 97.1 Å². The molecule has 68 heavy (non-hydrogen) atoms. The number of benzene rings is 4. The van der Waals surface area contributed by atoms with Gasteiger partial charge in [-0.3, -0.25) is 9.59 Å². The van der Waals surface area contributed by atoms with Crippen LogP contribution < -0.4 is 9.80 Å². The van der Waals surface area contributed by atoms with E-state index in [1.54, 1.807) is 0 Å². The monoisotopic (exact) mass is 915 g/mol. The van der Waals surface area contributed by atoms with E-state index in [4.69, 9.17) is 29.8 Å². The summed E-state index contributed by atoms with van der Waals surface area (Å²) in [6, 6.07) is 34.2. The maximum absolute atomic E-state index is 11.5. The van der Waals surface area contributed by atoms with Crippen molar-refractivity contribution in [1.82, 2.24) is 19.9 Å². The molecular weight excluding hydrogens is 845 g/mol. The Morgan fingerprint density at radius 2 is 0.941 bits per heavy atom. The second-order valence-electron chi connectivity index (χ2n) is 18.6. The Labute approximate surface area is 404 Å². The molecule has 4 aromatic carbocycles. The van der Waals surface area contributed by atoms with E-state index in [1.165, 1.54) is 22.3 Å². The molecule has 0 spiro atoms. The van der Waals surface area contributed by atoms with E-state index < -0.39 is 5.97 Å². The van der Waals surface area contributed by atoms with E-state index in [0.29, 0.717) is 13.0 Å². The number of carboxylic acid groups (broad SMARTS) is 1. The lowest BCUT2D eigenvalue weighted by atomic mass is 10.0. The Morgan fingerprint density at radius 1 is 0.515 bits per heavy atom. The first kappa shape index (κ1) is 49.5. The molecule has 0 amide bonds. The number of hydrogen-bond donors (Lipinski definition) is 1. The third-order valence-electron chi connectivity index (χ3n) is 12.8. The summed E-state index contributed by atoms with van der Waals surface area (Å²) in [6.07, 6.45) is 12.8. The van der Waals surface area contributed by atoms with Crippen molar-refractivity contribution in [3.63, 3.8) is 0 Å². The normalized spacial score (nSPS) is 13.0. The van der Waals surface area contributed by atoms with Gasteiger partial charge < -0.3 is 19.6 Å². The lowest BCUT2D eigenvalue weighted by Gasteiger charge is -2.30. The third-order valence-corrected chi connectivity index (χ3v) is 12.8. The minimum absolute atomic E-state index is 0.0826. The van der Waals surface area contributed by atoms with Crippen LogP contribution in [0, 0.1) is 27.7 Å². The van der Waals surface area contributed by atoms with Crippen LogP contribution in [0.4, 0.5) is 11.6 Å². The van der Waals surface area contributed by atoms with Gasteiger partial charge >= 0.3 is 11.9 Å². The molecule has 10 nitrogen and oxygen atoms in total. The van der Waals surface area contributed by atoms with Crippen molar-refractivity contribution >= 4 is 23.6 Å². The molecule has 0 unspecified atom stereocenters. The fourth-order valence-electron chi connectivity index (χ4n) is 9.19. The molecule has 2 aliphatic rings. The zero-order chi connectivity index (χ0) is 47.8. The molecule has 6 aromatic rings. The number of rotatable bonds is 19. The number of hydrogen-bond acceptors (Lipinski definition) is 9. The standard InChI is InChI=1S/C30H37N3O2.C28H33N3O2/c1-4-35-27(34)14-7-5-6-8-19-33-20-10-13-26-30(33)32-28(24-17-15-22(2)16-18-24)29(31-26)25-12-9-11-23(3)21-25;1-20-13-15-22(16-14-20)26-27(23-10-7-9-21(2)19-23)29-24-11-8-18-31(28(24)30-26)17-6-4-3-5-12-25(32)33/h9,11-12,15-18,21H,4-8,10,13-14,19-20H2,1-3H3;7,9-10,13-16,19H,3-6,8,11-12,17-18H2,1-2H3,(H,32,33). The Kier molecular flexibility index (Phi) is 17.9. The highest BCUT2D eigenvalue weighted by atomic mass is 16.5. The van der Waals surface area contributed by atoms with Crippen molar-refractivity contribution in [2.24, 2.45) is 0 Å². The van der Waals surface area contributed by atoms with Gasteiger partial charge in [0.15, 0.2) is 11.6 Å². The zero-order valence-electron chi connectivity index (χ0n) is 41.0. The van der Waals surface area contributed by atoms with E-state index in [1.807, 2.05) is 6.92 Å². The molecule has 0 radical (unpaired) electrons. The van der Waals surface area contributed by atoms with Crippen LogP contribution >= 0.6 is 0 Å². The van der Waals surface area contributed by atoms with Crippen molar-refractivity contribution in [3.05, 3.63) is 131 Å². The number of esters is 1. The molecule has 10 heteroatoms. The van der Waals surface area contributed by atoms with Crippen molar-refractivity contribution in [1.29, 1.82) is 0 Å². The summed E-state index contributed by atoms with van der Waals surface area (Å²) in [4.78, 5) is 47.9. The number of nitrogens with zero attached hydrogens (tertiary/aromatic N) is 6. The number of aliphatic carboxylic acids is 1. The SMILES string of the molecule is CCOC(=O)CCCCCCN1CCCc2nc(-c3cccc(C)c3)c(-c3ccc(C)cc3)nc21.Cc1ccc(-c2nc3c(nc2-c2cccc(C)c2)CCCN3CCCCCCC(=O)O)cc1. The van der Waals surface area contributed by atoms with Gasteiger partial charge in [0.25, 0.3) is 0 Å². The summed E-state index contributed by atoms with van der Waals surface area (Å²) in [5, 5.41) is 8.81. The van der Waals surface area contributed by atoms with Crippen LogP contribution in [0.5, 0.6) is 0 Å². The van der Waals surface area contributed by atoms with E-state index >= 15 is 0 Å². The molecule has 1 N–H and O–H groups in total. The Morgan fingerprint density at radius 3 is 1.37 bits per heavy atom. The van der Waals surface area contributed by atoms with Crippen molar-refractivity contribution in [3.8, 4) is 45.0 Å². The van der Waals surface area contributed by atoms with Gasteiger partial charge in [-0.25, -0.2) is 19.9 Å². The molecule has 4 heterocycles. The molecule has 2 aliphatic heterocycles. The average Bonchev–Trinajstić information content (AvgIpc) is 3.33. The Bertz CT molecular complexity index is 2610. The number of aromatic nitrogens is 4. The predicted octanol–water partition coefficient (Wildman–Crippen LogP) is 12.9. The largest absolute Gasteiger partial charge is 0.481 e. The summed E-state index contributed by atoms with van der Waals surface area (Å²) >= 11 is 0. The number of carbonyl (C=O) groups is 2. The molecule has 356 valence electrons. The number of fused-ring (bicyclic) bond motifs is 2. The maximum Gasteiger partial charge on any atom is 0.305 e. The van der Waals surface area contributed by atoms with Crippen LogP contribution in [0.2, 0.25) is 0 Å². The Balaban J connectivity index is 0.000000202. The van der Waals surface area contributed by atoms with Crippen LogP contribution in [-0.2, 0) is 27.2 Å². The summed E-state index contributed by atoms with van der Waals surface area (Å²) in [5.74, 6) is 1.26. The summed E-state index contributed by atoms with van der Waals surface area (Å²) in [5.41, 5.74) is 15.3. The van der Waals surface area contributed by atoms with Crippen molar-refractivity contribution < 1.29 is 19.4 Å². The molecule has 0 fully saturated rings. The fourth-order valence-corrected chi connectivity index (χ4v) is 9.19. The number of anilines is 2. The number of aryl methyl sites for hydroxylation is 6. The summed E-state index contributed by atoms with van der Waals surface area (Å²) in [6.45, 7) is 14.7. The molecule has 0 bridgehead atoms. The summed E-state index contributed by atoms with van der Waals surface area (Å²) in [7, 11) is 0. The van der Waals surface area contributed by atoms with Gasteiger partial charge in [0.2, 0.25) is 0 Å². The average molecular weight is 915 g/mol. The molecule has 0 aliphatic carbocycles. The number of ether oxygens (including phenoxy) is 1. The molecule has 0 saturated heterocycles. The zero-order valence-corrected chi connectivity index (χ0v) is 41.0.